The van der Waals surface area contributed by atoms with Crippen LogP contribution in [-0.4, -0.2) is 50.3 Å². The highest BCUT2D eigenvalue weighted by Crippen LogP contribution is 2.41. The van der Waals surface area contributed by atoms with Crippen LogP contribution in [0, 0.1) is 11.8 Å². The Hall–Kier alpha value is -1.11. The lowest BCUT2D eigenvalue weighted by Crippen LogP contribution is -2.23. The van der Waals surface area contributed by atoms with Crippen molar-refractivity contribution in [2.75, 3.05) is 12.4 Å². The van der Waals surface area contributed by atoms with Gasteiger partial charge in [-0.3, -0.25) is 9.59 Å². The van der Waals surface area contributed by atoms with E-state index in [0.29, 0.717) is 37.9 Å². The van der Waals surface area contributed by atoms with E-state index in [9.17, 15) is 14.7 Å². The first kappa shape index (κ1) is 23.2. The molecule has 3 N–H and O–H groups in total. The maximum atomic E-state index is 12.6. The fourth-order valence-corrected chi connectivity index (χ4v) is 5.49. The number of carbonyl (C=O) groups is 2. The highest BCUT2D eigenvalue weighted by Gasteiger charge is 2.40. The van der Waals surface area contributed by atoms with Crippen molar-refractivity contribution >= 4 is 23.5 Å². The van der Waals surface area contributed by atoms with E-state index in [0.717, 1.165) is 25.7 Å². The topological polar surface area (TPSA) is 94.8 Å². The molecule has 158 valence electrons. The lowest BCUT2D eigenvalue weighted by atomic mass is 9.90. The van der Waals surface area contributed by atoms with Crippen molar-refractivity contribution < 1.29 is 24.9 Å². The van der Waals surface area contributed by atoms with Crippen LogP contribution in [0.25, 0.3) is 0 Å². The first-order chi connectivity index (χ1) is 13.4. The highest BCUT2D eigenvalue weighted by molar-refractivity contribution is 8.00. The third-order valence-electron chi connectivity index (χ3n) is 5.84. The van der Waals surface area contributed by atoms with Gasteiger partial charge in [-0.15, -0.1) is 0 Å². The Bertz CT molecular complexity index is 565. The number of allylic oxidation sites excluding steroid dienone is 3. The molecule has 2 saturated carbocycles. The fourth-order valence-electron chi connectivity index (χ4n) is 4.29. The molecule has 0 radical (unpaired) electrons. The molecule has 6 heteroatoms. The van der Waals surface area contributed by atoms with Gasteiger partial charge in [0.1, 0.15) is 5.78 Å². The standard InChI is InChI=1S/C22H34O5S/c23-14-15-28-20-16-19(24)17(8-3-1-2-4-10-21(25)26)18(20)9-7-13-22(27)11-5-6-12-22/h1,3,7,9,17-18,20,23,27H,2,4-6,8,10-16H2,(H,25,26)/t17-,18-,20-/m1/s1. The number of carbonyl (C=O) groups excluding carboxylic acids is 1. The van der Waals surface area contributed by atoms with E-state index in [-0.39, 0.29) is 35.9 Å². The van der Waals surface area contributed by atoms with Gasteiger partial charge < -0.3 is 15.3 Å². The van der Waals surface area contributed by atoms with Gasteiger partial charge in [-0.05, 0) is 44.4 Å². The Labute approximate surface area is 172 Å². The summed E-state index contributed by atoms with van der Waals surface area (Å²) in [6.45, 7) is 0.111. The first-order valence-corrected chi connectivity index (χ1v) is 11.5. The molecule has 28 heavy (non-hydrogen) atoms. The van der Waals surface area contributed by atoms with E-state index in [1.165, 1.54) is 0 Å². The maximum Gasteiger partial charge on any atom is 0.303 e. The van der Waals surface area contributed by atoms with Gasteiger partial charge in [0.05, 0.1) is 12.2 Å². The molecule has 2 fully saturated rings. The Morgan fingerprint density at radius 3 is 2.64 bits per heavy atom. The van der Waals surface area contributed by atoms with Crippen molar-refractivity contribution in [3.63, 3.8) is 0 Å². The van der Waals surface area contributed by atoms with Crippen LogP contribution in [0.1, 0.15) is 64.2 Å². The van der Waals surface area contributed by atoms with Gasteiger partial charge in [-0.1, -0.05) is 37.1 Å². The van der Waals surface area contributed by atoms with E-state index in [1.807, 2.05) is 12.2 Å². The average Bonchev–Trinajstić information content (AvgIpc) is 3.20. The smallest absolute Gasteiger partial charge is 0.303 e. The number of carboxylic acids is 1. The second-order valence-corrected chi connectivity index (χ2v) is 9.39. The predicted molar refractivity (Wildman–Crippen MR) is 112 cm³/mol. The number of aliphatic carboxylic acids is 1. The molecule has 0 aromatic heterocycles. The molecule has 0 spiro atoms. The normalized spacial score (nSPS) is 27.4. The monoisotopic (exact) mass is 410 g/mol. The lowest BCUT2D eigenvalue weighted by Gasteiger charge is -2.22. The van der Waals surface area contributed by atoms with Gasteiger partial charge in [-0.2, -0.15) is 11.8 Å². The van der Waals surface area contributed by atoms with Gasteiger partial charge in [0.2, 0.25) is 0 Å². The molecule has 0 aliphatic heterocycles. The number of aliphatic hydroxyl groups is 2. The molecule has 3 atom stereocenters. The summed E-state index contributed by atoms with van der Waals surface area (Å²) in [6, 6.07) is 0. The van der Waals surface area contributed by atoms with Gasteiger partial charge in [-0.25, -0.2) is 0 Å². The minimum Gasteiger partial charge on any atom is -0.481 e. The highest BCUT2D eigenvalue weighted by atomic mass is 32.2. The number of unbranched alkanes of at least 4 members (excludes halogenated alkanes) is 1. The summed E-state index contributed by atoms with van der Waals surface area (Å²) in [6.07, 6.45) is 15.4. The Balaban J connectivity index is 1.93. The van der Waals surface area contributed by atoms with Crippen molar-refractivity contribution in [3.05, 3.63) is 24.3 Å². The van der Waals surface area contributed by atoms with Crippen LogP contribution < -0.4 is 0 Å². The molecule has 0 saturated heterocycles. The van der Waals surface area contributed by atoms with Crippen LogP contribution in [0.15, 0.2) is 24.3 Å². The van der Waals surface area contributed by atoms with Crippen LogP contribution in [0.4, 0.5) is 0 Å². The third kappa shape index (κ3) is 7.37. The molecule has 0 bridgehead atoms. The van der Waals surface area contributed by atoms with E-state index < -0.39 is 11.6 Å². The molecular formula is C22H34O5S. The minimum atomic E-state index is -0.780. The summed E-state index contributed by atoms with van der Waals surface area (Å²) in [4.78, 5) is 23.1. The third-order valence-corrected chi connectivity index (χ3v) is 7.17. The zero-order chi connectivity index (χ0) is 20.4. The SMILES string of the molecule is O=C(O)CCCC=CC[C@H]1C(=O)C[C@@H](SCCO)[C@@H]1C=CCC1(O)CCCC1. The largest absolute Gasteiger partial charge is 0.481 e. The summed E-state index contributed by atoms with van der Waals surface area (Å²) in [5, 5.41) is 28.6. The van der Waals surface area contributed by atoms with Gasteiger partial charge in [0.15, 0.2) is 0 Å². The molecule has 2 aliphatic carbocycles. The molecule has 2 rings (SSSR count). The quantitative estimate of drug-likeness (QED) is 0.335. The zero-order valence-corrected chi connectivity index (χ0v) is 17.4. The number of aliphatic hydroxyl groups excluding tert-OH is 1. The average molecular weight is 411 g/mol. The summed E-state index contributed by atoms with van der Waals surface area (Å²) < 4.78 is 0. The second-order valence-electron chi connectivity index (χ2n) is 8.04. The number of thioether (sulfide) groups is 1. The van der Waals surface area contributed by atoms with Crippen molar-refractivity contribution in [1.82, 2.24) is 0 Å². The molecule has 2 aliphatic rings. The molecular weight excluding hydrogens is 376 g/mol. The minimum absolute atomic E-state index is 0.0682. The Kier molecular flexibility index (Phi) is 9.75. The molecule has 0 aromatic carbocycles. The van der Waals surface area contributed by atoms with Gasteiger partial charge in [0, 0.05) is 29.8 Å². The molecule has 0 unspecified atom stereocenters. The van der Waals surface area contributed by atoms with Crippen molar-refractivity contribution in [1.29, 1.82) is 0 Å². The van der Waals surface area contributed by atoms with E-state index in [1.54, 1.807) is 11.8 Å². The molecule has 0 heterocycles. The summed E-state index contributed by atoms with van der Waals surface area (Å²) in [5.74, 6) is 0.167. The Morgan fingerprint density at radius 2 is 1.96 bits per heavy atom. The number of hydrogen-bond donors (Lipinski definition) is 3. The number of rotatable bonds is 12. The second kappa shape index (κ2) is 11.8. The summed E-state index contributed by atoms with van der Waals surface area (Å²) >= 11 is 1.66. The van der Waals surface area contributed by atoms with Gasteiger partial charge in [0.25, 0.3) is 0 Å². The van der Waals surface area contributed by atoms with Crippen molar-refractivity contribution in [2.45, 2.75) is 75.1 Å². The number of carboxylic acid groups (broad SMARTS) is 1. The predicted octanol–water partition coefficient (Wildman–Crippen LogP) is 3.74. The number of ketones is 1. The maximum absolute atomic E-state index is 12.6. The molecule has 5 nitrogen and oxygen atoms in total. The summed E-state index contributed by atoms with van der Waals surface area (Å²) in [5.41, 5.74) is -0.577. The van der Waals surface area contributed by atoms with Crippen LogP contribution in [-0.2, 0) is 9.59 Å². The fraction of sp³-hybridized carbons (Fsp3) is 0.727. The number of hydrogen-bond acceptors (Lipinski definition) is 5. The Morgan fingerprint density at radius 1 is 1.21 bits per heavy atom. The van der Waals surface area contributed by atoms with Crippen LogP contribution in [0.2, 0.25) is 0 Å². The van der Waals surface area contributed by atoms with Gasteiger partial charge >= 0.3 is 5.97 Å². The van der Waals surface area contributed by atoms with Crippen molar-refractivity contribution in [3.8, 4) is 0 Å². The number of Topliss-reactive ketones (excluding diaryl/α,β-unsaturated/α-hetero) is 1. The molecule has 0 amide bonds. The van der Waals surface area contributed by atoms with E-state index >= 15 is 0 Å². The lowest BCUT2D eigenvalue weighted by molar-refractivity contribution is -0.137. The summed E-state index contributed by atoms with van der Waals surface area (Å²) in [7, 11) is 0. The van der Waals surface area contributed by atoms with Crippen LogP contribution in [0.3, 0.4) is 0 Å². The van der Waals surface area contributed by atoms with Crippen molar-refractivity contribution in [2.24, 2.45) is 11.8 Å². The van der Waals surface area contributed by atoms with Crippen LogP contribution >= 0.6 is 11.8 Å². The molecule has 0 aromatic rings. The van der Waals surface area contributed by atoms with E-state index in [2.05, 4.69) is 12.2 Å². The van der Waals surface area contributed by atoms with E-state index in [4.69, 9.17) is 10.2 Å². The van der Waals surface area contributed by atoms with Crippen LogP contribution in [0.5, 0.6) is 0 Å². The zero-order valence-electron chi connectivity index (χ0n) is 16.6. The first-order valence-electron chi connectivity index (χ1n) is 10.5.